The van der Waals surface area contributed by atoms with Crippen molar-refractivity contribution in [3.8, 4) is 11.5 Å². The number of amides is 2. The number of carbonyl (C=O) groups excluding carboxylic acids is 2. The summed E-state index contributed by atoms with van der Waals surface area (Å²) in [5.74, 6) is 1.82. The van der Waals surface area contributed by atoms with Crippen molar-refractivity contribution in [3.63, 3.8) is 0 Å². The lowest BCUT2D eigenvalue weighted by molar-refractivity contribution is -0.120. The molecule has 2 aromatic carbocycles. The van der Waals surface area contributed by atoms with E-state index < -0.39 is 0 Å². The number of nitrogens with one attached hydrogen (secondary N) is 2. The third-order valence-corrected chi connectivity index (χ3v) is 5.99. The van der Waals surface area contributed by atoms with Gasteiger partial charge in [-0.3, -0.25) is 9.59 Å². The van der Waals surface area contributed by atoms with Crippen molar-refractivity contribution >= 4 is 29.0 Å². The molecule has 1 aliphatic heterocycles. The molecule has 0 atom stereocenters. The molecule has 0 radical (unpaired) electrons. The van der Waals surface area contributed by atoms with Gasteiger partial charge in [0, 0.05) is 36.5 Å². The number of anilines is 3. The Bertz CT molecular complexity index is 1160. The van der Waals surface area contributed by atoms with Gasteiger partial charge in [0.05, 0.1) is 19.4 Å². The third kappa shape index (κ3) is 6.09. The van der Waals surface area contributed by atoms with Crippen LogP contribution >= 0.6 is 0 Å². The largest absolute Gasteiger partial charge is 0.495 e. The number of benzene rings is 2. The van der Waals surface area contributed by atoms with Crippen molar-refractivity contribution in [3.05, 3.63) is 72.4 Å². The summed E-state index contributed by atoms with van der Waals surface area (Å²) in [6.07, 6.45) is 3.06. The second kappa shape index (κ2) is 11.4. The van der Waals surface area contributed by atoms with Crippen molar-refractivity contribution in [2.24, 2.45) is 5.92 Å². The van der Waals surface area contributed by atoms with E-state index in [0.717, 1.165) is 17.3 Å². The fourth-order valence-electron chi connectivity index (χ4n) is 4.09. The van der Waals surface area contributed by atoms with Gasteiger partial charge in [-0.05, 0) is 68.3 Å². The predicted molar refractivity (Wildman–Crippen MR) is 136 cm³/mol. The average Bonchev–Trinajstić information content (AvgIpc) is 2.90. The fraction of sp³-hybridized carbons (Fsp3) is 0.296. The van der Waals surface area contributed by atoms with Crippen LogP contribution < -0.4 is 25.0 Å². The Kier molecular flexibility index (Phi) is 7.82. The number of carbonyl (C=O) groups is 2. The number of piperidine rings is 1. The van der Waals surface area contributed by atoms with Crippen LogP contribution in [-0.4, -0.2) is 43.6 Å². The highest BCUT2D eigenvalue weighted by Gasteiger charge is 2.26. The molecule has 0 spiro atoms. The summed E-state index contributed by atoms with van der Waals surface area (Å²) in [5, 5.41) is 5.89. The van der Waals surface area contributed by atoms with Gasteiger partial charge in [-0.2, -0.15) is 0 Å². The van der Waals surface area contributed by atoms with Crippen LogP contribution in [0.25, 0.3) is 0 Å². The van der Waals surface area contributed by atoms with Crippen molar-refractivity contribution in [2.45, 2.75) is 19.8 Å². The van der Waals surface area contributed by atoms with Crippen LogP contribution in [0.4, 0.5) is 17.2 Å². The molecule has 2 amide bonds. The molecule has 0 unspecified atom stereocenters. The molecule has 4 rings (SSSR count). The summed E-state index contributed by atoms with van der Waals surface area (Å²) in [7, 11) is 1.57. The molecule has 1 aliphatic rings. The van der Waals surface area contributed by atoms with Gasteiger partial charge in [0.25, 0.3) is 5.91 Å². The summed E-state index contributed by atoms with van der Waals surface area (Å²) in [6.45, 7) is 3.91. The summed E-state index contributed by atoms with van der Waals surface area (Å²) in [4.78, 5) is 32.1. The van der Waals surface area contributed by atoms with Crippen LogP contribution in [-0.2, 0) is 4.79 Å². The Morgan fingerprint density at radius 2 is 1.77 bits per heavy atom. The maximum atomic E-state index is 12.8. The van der Waals surface area contributed by atoms with E-state index in [-0.39, 0.29) is 17.7 Å². The minimum absolute atomic E-state index is 0.0201. The number of pyridine rings is 1. The van der Waals surface area contributed by atoms with Crippen LogP contribution in [0.15, 0.2) is 66.9 Å². The number of ether oxygens (including phenoxy) is 2. The normalized spacial score (nSPS) is 13.7. The Morgan fingerprint density at radius 1 is 1.03 bits per heavy atom. The van der Waals surface area contributed by atoms with Gasteiger partial charge in [-0.25, -0.2) is 4.98 Å². The number of para-hydroxylation sites is 2. The zero-order valence-corrected chi connectivity index (χ0v) is 20.0. The lowest BCUT2D eigenvalue weighted by atomic mass is 9.95. The first-order valence-corrected chi connectivity index (χ1v) is 11.8. The first kappa shape index (κ1) is 24.1. The highest BCUT2D eigenvalue weighted by Crippen LogP contribution is 2.26. The second-order valence-electron chi connectivity index (χ2n) is 8.27. The van der Waals surface area contributed by atoms with Crippen molar-refractivity contribution < 1.29 is 19.1 Å². The van der Waals surface area contributed by atoms with Crippen molar-refractivity contribution in [2.75, 3.05) is 42.3 Å². The van der Waals surface area contributed by atoms with Gasteiger partial charge in [0.1, 0.15) is 17.3 Å². The minimum Gasteiger partial charge on any atom is -0.495 e. The van der Waals surface area contributed by atoms with E-state index in [2.05, 4.69) is 20.5 Å². The number of hydrogen-bond donors (Lipinski definition) is 2. The Balaban J connectivity index is 1.33. The van der Waals surface area contributed by atoms with E-state index in [1.54, 1.807) is 37.6 Å². The van der Waals surface area contributed by atoms with E-state index in [1.807, 2.05) is 43.3 Å². The van der Waals surface area contributed by atoms with Gasteiger partial charge in [-0.1, -0.05) is 12.1 Å². The smallest absolute Gasteiger partial charge is 0.255 e. The highest BCUT2D eigenvalue weighted by molar-refractivity contribution is 6.05. The SMILES string of the molecule is CCOc1ccc(NC(=O)C2CCN(c3cc(C(=O)Nc4ccccc4OC)ccn3)CC2)cc1. The molecule has 0 bridgehead atoms. The maximum Gasteiger partial charge on any atom is 0.255 e. The highest BCUT2D eigenvalue weighted by atomic mass is 16.5. The Morgan fingerprint density at radius 3 is 2.49 bits per heavy atom. The van der Waals surface area contributed by atoms with E-state index in [0.29, 0.717) is 49.5 Å². The van der Waals surface area contributed by atoms with Gasteiger partial charge in [-0.15, -0.1) is 0 Å². The van der Waals surface area contributed by atoms with Gasteiger partial charge < -0.3 is 25.0 Å². The van der Waals surface area contributed by atoms with Gasteiger partial charge in [0.15, 0.2) is 0 Å². The molecule has 8 nitrogen and oxygen atoms in total. The quantitative estimate of drug-likeness (QED) is 0.496. The van der Waals surface area contributed by atoms with E-state index in [4.69, 9.17) is 9.47 Å². The lowest BCUT2D eigenvalue weighted by Gasteiger charge is -2.32. The second-order valence-corrected chi connectivity index (χ2v) is 8.27. The molecule has 2 N–H and O–H groups in total. The molecule has 1 fully saturated rings. The molecule has 0 saturated carbocycles. The number of rotatable bonds is 8. The summed E-state index contributed by atoms with van der Waals surface area (Å²) in [6, 6.07) is 18.2. The molecule has 2 heterocycles. The zero-order valence-electron chi connectivity index (χ0n) is 20.0. The molecular weight excluding hydrogens is 444 g/mol. The number of aromatic nitrogens is 1. The first-order valence-electron chi connectivity index (χ1n) is 11.8. The lowest BCUT2D eigenvalue weighted by Crippen LogP contribution is -2.38. The predicted octanol–water partition coefficient (Wildman–Crippen LogP) is 4.60. The van der Waals surface area contributed by atoms with Crippen LogP contribution in [0, 0.1) is 5.92 Å². The molecular formula is C27H30N4O4. The molecule has 8 heteroatoms. The number of hydrogen-bond acceptors (Lipinski definition) is 6. The molecule has 182 valence electrons. The van der Waals surface area contributed by atoms with Crippen molar-refractivity contribution in [1.82, 2.24) is 4.98 Å². The van der Waals surface area contributed by atoms with Crippen molar-refractivity contribution in [1.29, 1.82) is 0 Å². The van der Waals surface area contributed by atoms with E-state index >= 15 is 0 Å². The fourth-order valence-corrected chi connectivity index (χ4v) is 4.09. The molecule has 3 aromatic rings. The molecule has 35 heavy (non-hydrogen) atoms. The number of methoxy groups -OCH3 is 1. The van der Waals surface area contributed by atoms with E-state index in [9.17, 15) is 9.59 Å². The summed E-state index contributed by atoms with van der Waals surface area (Å²) < 4.78 is 10.8. The number of nitrogens with zero attached hydrogens (tertiary/aromatic N) is 2. The molecule has 1 saturated heterocycles. The Labute approximate surface area is 205 Å². The average molecular weight is 475 g/mol. The molecule has 1 aromatic heterocycles. The van der Waals surface area contributed by atoms with Gasteiger partial charge >= 0.3 is 0 Å². The maximum absolute atomic E-state index is 12.8. The minimum atomic E-state index is -0.234. The Hall–Kier alpha value is -4.07. The monoisotopic (exact) mass is 474 g/mol. The van der Waals surface area contributed by atoms with Crippen LogP contribution in [0.2, 0.25) is 0 Å². The molecule has 0 aliphatic carbocycles. The standard InChI is InChI=1S/C27H30N4O4/c1-3-35-22-10-8-21(9-11-22)29-26(32)19-13-16-31(17-14-19)25-18-20(12-15-28-25)27(33)30-23-6-4-5-7-24(23)34-2/h4-12,15,18-19H,3,13-14,16-17H2,1-2H3,(H,29,32)(H,30,33). The summed E-state index contributed by atoms with van der Waals surface area (Å²) in [5.41, 5.74) is 1.88. The van der Waals surface area contributed by atoms with Crippen LogP contribution in [0.3, 0.4) is 0 Å². The summed E-state index contributed by atoms with van der Waals surface area (Å²) >= 11 is 0. The first-order chi connectivity index (χ1) is 17.1. The van der Waals surface area contributed by atoms with E-state index in [1.165, 1.54) is 0 Å². The third-order valence-electron chi connectivity index (χ3n) is 5.99. The topological polar surface area (TPSA) is 92.8 Å². The van der Waals surface area contributed by atoms with Crippen LogP contribution in [0.1, 0.15) is 30.1 Å². The zero-order chi connectivity index (χ0) is 24.6. The van der Waals surface area contributed by atoms with Gasteiger partial charge in [0.2, 0.25) is 5.91 Å². The van der Waals surface area contributed by atoms with Crippen LogP contribution in [0.5, 0.6) is 11.5 Å².